The van der Waals surface area contributed by atoms with Crippen LogP contribution < -0.4 is 0 Å². The summed E-state index contributed by atoms with van der Waals surface area (Å²) in [4.78, 5) is 14.8. The van der Waals surface area contributed by atoms with Crippen LogP contribution in [0.25, 0.3) is 11.1 Å². The molecule has 1 heterocycles. The highest BCUT2D eigenvalue weighted by atomic mass is 16.5. The van der Waals surface area contributed by atoms with Gasteiger partial charge >= 0.3 is 0 Å². The van der Waals surface area contributed by atoms with E-state index in [0.29, 0.717) is 30.8 Å². The predicted molar refractivity (Wildman–Crippen MR) is 108 cm³/mol. The van der Waals surface area contributed by atoms with Crippen LogP contribution in [-0.4, -0.2) is 49.1 Å². The smallest absolute Gasteiger partial charge is 0.138 e. The van der Waals surface area contributed by atoms with Crippen molar-refractivity contribution < 1.29 is 14.3 Å². The molecule has 3 unspecified atom stereocenters. The van der Waals surface area contributed by atoms with Crippen LogP contribution in [0.1, 0.15) is 18.4 Å². The van der Waals surface area contributed by atoms with Crippen LogP contribution in [0.4, 0.5) is 0 Å². The van der Waals surface area contributed by atoms with Crippen molar-refractivity contribution >= 4 is 5.78 Å². The summed E-state index contributed by atoms with van der Waals surface area (Å²) in [6, 6.07) is 19.4. The highest BCUT2D eigenvalue weighted by Gasteiger charge is 2.55. The van der Waals surface area contributed by atoms with Crippen LogP contribution >= 0.6 is 0 Å². The van der Waals surface area contributed by atoms with Crippen LogP contribution in [-0.2, 0) is 20.9 Å². The molecule has 4 nitrogen and oxygen atoms in total. The molecule has 1 saturated heterocycles. The number of ether oxygens (including phenoxy) is 2. The van der Waals surface area contributed by atoms with Crippen molar-refractivity contribution in [1.82, 2.24) is 4.90 Å². The molecule has 2 saturated carbocycles. The zero-order valence-corrected chi connectivity index (χ0v) is 16.1. The van der Waals surface area contributed by atoms with Gasteiger partial charge < -0.3 is 9.47 Å². The second-order valence-electron chi connectivity index (χ2n) is 8.23. The van der Waals surface area contributed by atoms with E-state index in [-0.39, 0.29) is 12.0 Å². The van der Waals surface area contributed by atoms with E-state index in [0.717, 1.165) is 32.7 Å². The van der Waals surface area contributed by atoms with Gasteiger partial charge in [-0.1, -0.05) is 54.6 Å². The number of ketones is 1. The van der Waals surface area contributed by atoms with Crippen molar-refractivity contribution in [3.8, 4) is 11.1 Å². The first kappa shape index (κ1) is 18.0. The molecule has 3 aliphatic rings. The number of rotatable bonds is 5. The lowest BCUT2D eigenvalue weighted by molar-refractivity contribution is -0.124. The summed E-state index contributed by atoms with van der Waals surface area (Å²) in [5.74, 6) is 0.946. The number of carbonyl (C=O) groups is 1. The molecule has 2 aromatic carbocycles. The molecule has 146 valence electrons. The normalized spacial score (nSPS) is 30.1. The van der Waals surface area contributed by atoms with E-state index in [1.54, 1.807) is 0 Å². The average molecular weight is 377 g/mol. The third-order valence-electron chi connectivity index (χ3n) is 6.66. The van der Waals surface area contributed by atoms with Crippen molar-refractivity contribution in [2.24, 2.45) is 11.8 Å². The zero-order valence-electron chi connectivity index (χ0n) is 16.1. The van der Waals surface area contributed by atoms with E-state index in [1.165, 1.54) is 16.7 Å². The van der Waals surface area contributed by atoms with Crippen LogP contribution in [0.3, 0.4) is 0 Å². The van der Waals surface area contributed by atoms with Crippen molar-refractivity contribution in [3.05, 3.63) is 60.2 Å². The number of hydrogen-bond acceptors (Lipinski definition) is 4. The van der Waals surface area contributed by atoms with Crippen molar-refractivity contribution in [3.63, 3.8) is 0 Å². The molecule has 4 atom stereocenters. The lowest BCUT2D eigenvalue weighted by Crippen LogP contribution is -2.46. The molecular formula is C24H27NO3. The first-order valence-corrected chi connectivity index (χ1v) is 10.4. The maximum atomic E-state index is 12.4. The van der Waals surface area contributed by atoms with Crippen molar-refractivity contribution in [2.75, 3.05) is 26.3 Å². The van der Waals surface area contributed by atoms with Gasteiger partial charge in [-0.3, -0.25) is 9.69 Å². The van der Waals surface area contributed by atoms with Gasteiger partial charge in [0.15, 0.2) is 0 Å². The second kappa shape index (κ2) is 7.78. The SMILES string of the molecule is O=C1CC2C(OCc3ccc(-c4ccccc4)cc3)C[C@@H]1C2N1CCOCC1. The highest BCUT2D eigenvalue weighted by Crippen LogP contribution is 2.47. The molecule has 0 N–H and O–H groups in total. The zero-order chi connectivity index (χ0) is 18.9. The predicted octanol–water partition coefficient (Wildman–Crippen LogP) is 3.55. The Bertz CT molecular complexity index is 814. The van der Waals surface area contributed by atoms with Gasteiger partial charge in [-0.05, 0) is 23.1 Å². The third kappa shape index (κ3) is 3.41. The van der Waals surface area contributed by atoms with Gasteiger partial charge in [0.2, 0.25) is 0 Å². The maximum absolute atomic E-state index is 12.4. The lowest BCUT2D eigenvalue weighted by atomic mass is 9.96. The molecule has 2 aliphatic carbocycles. The molecular weight excluding hydrogens is 350 g/mol. The van der Waals surface area contributed by atoms with Gasteiger partial charge in [0, 0.05) is 37.4 Å². The summed E-state index contributed by atoms with van der Waals surface area (Å²) < 4.78 is 11.8. The highest BCUT2D eigenvalue weighted by molar-refractivity contribution is 5.86. The summed E-state index contributed by atoms with van der Waals surface area (Å²) in [7, 11) is 0. The fourth-order valence-electron chi connectivity index (χ4n) is 5.26. The lowest BCUT2D eigenvalue weighted by Gasteiger charge is -2.34. The van der Waals surface area contributed by atoms with Gasteiger partial charge in [-0.15, -0.1) is 0 Å². The first-order chi connectivity index (χ1) is 13.8. The topological polar surface area (TPSA) is 38.8 Å². The van der Waals surface area contributed by atoms with Crippen LogP contribution in [0.2, 0.25) is 0 Å². The summed E-state index contributed by atoms with van der Waals surface area (Å²) >= 11 is 0. The number of fused-ring (bicyclic) bond motifs is 2. The fraction of sp³-hybridized carbons (Fsp3) is 0.458. The Kier molecular flexibility index (Phi) is 5.02. The molecule has 28 heavy (non-hydrogen) atoms. The molecule has 4 heteroatoms. The Labute approximate surface area is 166 Å². The van der Waals surface area contributed by atoms with Gasteiger partial charge in [-0.25, -0.2) is 0 Å². The third-order valence-corrected chi connectivity index (χ3v) is 6.66. The number of hydrogen-bond donors (Lipinski definition) is 0. The molecule has 0 spiro atoms. The fourth-order valence-corrected chi connectivity index (χ4v) is 5.26. The second-order valence-corrected chi connectivity index (χ2v) is 8.23. The summed E-state index contributed by atoms with van der Waals surface area (Å²) in [6.07, 6.45) is 1.77. The van der Waals surface area contributed by atoms with E-state index in [2.05, 4.69) is 53.4 Å². The Balaban J connectivity index is 1.22. The molecule has 0 amide bonds. The molecule has 3 fully saturated rings. The quantitative estimate of drug-likeness (QED) is 0.799. The van der Waals surface area contributed by atoms with E-state index < -0.39 is 0 Å². The summed E-state index contributed by atoms with van der Waals surface area (Å²) in [5.41, 5.74) is 3.65. The number of Topliss-reactive ketones (excluding diaryl/α,β-unsaturated/α-hetero) is 1. The molecule has 5 rings (SSSR count). The Hall–Kier alpha value is -2.01. The minimum Gasteiger partial charge on any atom is -0.379 e. The minimum atomic E-state index is 0.161. The first-order valence-electron chi connectivity index (χ1n) is 10.4. The Morgan fingerprint density at radius 3 is 2.43 bits per heavy atom. The van der Waals surface area contributed by atoms with Crippen LogP contribution in [0.5, 0.6) is 0 Å². The minimum absolute atomic E-state index is 0.161. The van der Waals surface area contributed by atoms with Gasteiger partial charge in [0.1, 0.15) is 5.78 Å². The molecule has 2 aromatic rings. The van der Waals surface area contributed by atoms with Crippen molar-refractivity contribution in [1.29, 1.82) is 0 Å². The molecule has 2 bridgehead atoms. The number of nitrogens with zero attached hydrogens (tertiary/aromatic N) is 1. The van der Waals surface area contributed by atoms with E-state index in [9.17, 15) is 4.79 Å². The van der Waals surface area contributed by atoms with Gasteiger partial charge in [0.25, 0.3) is 0 Å². The Morgan fingerprint density at radius 1 is 0.964 bits per heavy atom. The summed E-state index contributed by atoms with van der Waals surface area (Å²) in [5, 5.41) is 0. The molecule has 0 radical (unpaired) electrons. The van der Waals surface area contributed by atoms with Crippen molar-refractivity contribution in [2.45, 2.75) is 31.6 Å². The Morgan fingerprint density at radius 2 is 1.68 bits per heavy atom. The number of carbonyl (C=O) groups excluding carboxylic acids is 1. The number of benzene rings is 2. The molecule has 1 aliphatic heterocycles. The van der Waals surface area contributed by atoms with E-state index >= 15 is 0 Å². The molecule has 0 aromatic heterocycles. The van der Waals surface area contributed by atoms with Gasteiger partial charge in [-0.2, -0.15) is 0 Å². The van der Waals surface area contributed by atoms with E-state index in [1.807, 2.05) is 6.07 Å². The maximum Gasteiger partial charge on any atom is 0.138 e. The average Bonchev–Trinajstić information content (AvgIpc) is 3.28. The monoisotopic (exact) mass is 377 g/mol. The van der Waals surface area contributed by atoms with Crippen LogP contribution in [0, 0.1) is 11.8 Å². The standard InChI is InChI=1S/C24H27NO3/c26-22-14-21-23(15-20(22)24(21)25-10-12-27-13-11-25)28-16-17-6-8-19(9-7-17)18-4-2-1-3-5-18/h1-9,20-21,23-24H,10-16H2/t20-,21?,23?,24?/m0/s1. The van der Waals surface area contributed by atoms with Gasteiger partial charge in [0.05, 0.1) is 25.9 Å². The van der Waals surface area contributed by atoms with E-state index in [4.69, 9.17) is 9.47 Å². The number of morpholine rings is 1. The largest absolute Gasteiger partial charge is 0.379 e. The van der Waals surface area contributed by atoms with Crippen LogP contribution in [0.15, 0.2) is 54.6 Å². The summed E-state index contributed by atoms with van der Waals surface area (Å²) in [6.45, 7) is 4.07.